The first-order valence-corrected chi connectivity index (χ1v) is 7.72. The molecule has 0 aromatic rings. The summed E-state index contributed by atoms with van der Waals surface area (Å²) in [6.07, 6.45) is 0. The predicted molar refractivity (Wildman–Crippen MR) is 72.2 cm³/mol. The fraction of sp³-hybridized carbons (Fsp3) is 0.833. The maximum absolute atomic E-state index is 12.5. The Hall–Kier alpha value is -0.790. The standard InChI is InChI=1S/C12H20N2O4S/c1-2-13-9-6-18-5-8(9)11(15)14-3-4-19-7-10(14)12(16)17/h8-10,13H,2-7H2,1H3,(H,16,17). The number of carbonyl (C=O) groups excluding carboxylic acids is 1. The Morgan fingerprint density at radius 1 is 1.47 bits per heavy atom. The zero-order valence-corrected chi connectivity index (χ0v) is 11.8. The van der Waals surface area contributed by atoms with E-state index in [0.717, 1.165) is 12.3 Å². The van der Waals surface area contributed by atoms with Crippen LogP contribution in [0.5, 0.6) is 0 Å². The van der Waals surface area contributed by atoms with Crippen molar-refractivity contribution < 1.29 is 19.4 Å². The number of hydrogen-bond acceptors (Lipinski definition) is 5. The molecule has 0 radical (unpaired) electrons. The molecule has 2 N–H and O–H groups in total. The van der Waals surface area contributed by atoms with E-state index in [4.69, 9.17) is 4.74 Å². The second-order valence-electron chi connectivity index (χ2n) is 4.77. The number of likely N-dealkylation sites (N-methyl/N-ethyl adjacent to an activating group) is 1. The van der Waals surface area contributed by atoms with Gasteiger partial charge in [0, 0.05) is 24.1 Å². The molecule has 2 heterocycles. The third-order valence-corrected chi connectivity index (χ3v) is 4.58. The lowest BCUT2D eigenvalue weighted by molar-refractivity contribution is -0.151. The Labute approximate surface area is 116 Å². The molecule has 7 heteroatoms. The number of hydrogen-bond donors (Lipinski definition) is 2. The Bertz CT molecular complexity index is 353. The number of carbonyl (C=O) groups is 2. The van der Waals surface area contributed by atoms with E-state index in [0.29, 0.717) is 25.5 Å². The lowest BCUT2D eigenvalue weighted by Gasteiger charge is -2.35. The van der Waals surface area contributed by atoms with Gasteiger partial charge < -0.3 is 20.1 Å². The number of nitrogens with one attached hydrogen (secondary N) is 1. The molecule has 1 amide bonds. The van der Waals surface area contributed by atoms with Crippen molar-refractivity contribution in [2.45, 2.75) is 19.0 Å². The van der Waals surface area contributed by atoms with Crippen molar-refractivity contribution in [2.24, 2.45) is 5.92 Å². The number of rotatable bonds is 4. The van der Waals surface area contributed by atoms with Crippen LogP contribution in [0.1, 0.15) is 6.92 Å². The summed E-state index contributed by atoms with van der Waals surface area (Å²) in [6, 6.07) is -0.698. The van der Waals surface area contributed by atoms with Crippen molar-refractivity contribution >= 4 is 23.6 Å². The molecule has 2 fully saturated rings. The molecule has 2 saturated heterocycles. The Morgan fingerprint density at radius 3 is 2.95 bits per heavy atom. The highest BCUT2D eigenvalue weighted by Gasteiger charge is 2.40. The van der Waals surface area contributed by atoms with Gasteiger partial charge in [-0.1, -0.05) is 6.92 Å². The quantitative estimate of drug-likeness (QED) is 0.735. The fourth-order valence-corrected chi connectivity index (χ4v) is 3.58. The molecular weight excluding hydrogens is 268 g/mol. The van der Waals surface area contributed by atoms with E-state index in [-0.39, 0.29) is 17.9 Å². The fourth-order valence-electron chi connectivity index (χ4n) is 2.55. The van der Waals surface area contributed by atoms with E-state index in [1.165, 1.54) is 4.90 Å². The van der Waals surface area contributed by atoms with Crippen molar-refractivity contribution in [2.75, 3.05) is 37.8 Å². The molecule has 0 aromatic heterocycles. The molecule has 2 aliphatic heterocycles. The zero-order chi connectivity index (χ0) is 13.8. The summed E-state index contributed by atoms with van der Waals surface area (Å²) in [6.45, 7) is 4.17. The van der Waals surface area contributed by atoms with Gasteiger partial charge in [0.05, 0.1) is 19.1 Å². The topological polar surface area (TPSA) is 78.9 Å². The smallest absolute Gasteiger partial charge is 0.327 e. The van der Waals surface area contributed by atoms with Gasteiger partial charge in [0.25, 0.3) is 0 Å². The third-order valence-electron chi connectivity index (χ3n) is 3.56. The Morgan fingerprint density at radius 2 is 2.26 bits per heavy atom. The molecule has 6 nitrogen and oxygen atoms in total. The summed E-state index contributed by atoms with van der Waals surface area (Å²) in [4.78, 5) is 25.3. The monoisotopic (exact) mass is 288 g/mol. The lowest BCUT2D eigenvalue weighted by Crippen LogP contribution is -2.55. The van der Waals surface area contributed by atoms with E-state index < -0.39 is 12.0 Å². The molecular formula is C12H20N2O4S. The van der Waals surface area contributed by atoms with Crippen LogP contribution in [-0.4, -0.2) is 71.8 Å². The van der Waals surface area contributed by atoms with Gasteiger partial charge in [0.1, 0.15) is 6.04 Å². The molecule has 0 aliphatic carbocycles. The summed E-state index contributed by atoms with van der Waals surface area (Å²) < 4.78 is 5.37. The van der Waals surface area contributed by atoms with Gasteiger partial charge in [-0.05, 0) is 6.54 Å². The van der Waals surface area contributed by atoms with Crippen LogP contribution in [0.25, 0.3) is 0 Å². The highest BCUT2D eigenvalue weighted by atomic mass is 32.2. The second kappa shape index (κ2) is 6.58. The number of nitrogens with zero attached hydrogens (tertiary/aromatic N) is 1. The average molecular weight is 288 g/mol. The van der Waals surface area contributed by atoms with Crippen LogP contribution < -0.4 is 5.32 Å². The summed E-state index contributed by atoms with van der Waals surface area (Å²) in [7, 11) is 0. The molecule has 0 aromatic carbocycles. The zero-order valence-electron chi connectivity index (χ0n) is 11.0. The van der Waals surface area contributed by atoms with Gasteiger partial charge in [0.2, 0.25) is 5.91 Å². The highest BCUT2D eigenvalue weighted by molar-refractivity contribution is 7.99. The minimum absolute atomic E-state index is 0.00141. The van der Waals surface area contributed by atoms with E-state index in [1.54, 1.807) is 11.8 Å². The van der Waals surface area contributed by atoms with Gasteiger partial charge in [0.15, 0.2) is 0 Å². The van der Waals surface area contributed by atoms with Crippen molar-refractivity contribution in [1.29, 1.82) is 0 Å². The molecule has 0 spiro atoms. The Balaban J connectivity index is 2.06. The van der Waals surface area contributed by atoms with Crippen molar-refractivity contribution in [3.63, 3.8) is 0 Å². The summed E-state index contributed by atoms with van der Waals surface area (Å²) in [5.74, 6) is 0.00990. The first-order chi connectivity index (χ1) is 9.15. The van der Waals surface area contributed by atoms with E-state index >= 15 is 0 Å². The van der Waals surface area contributed by atoms with Gasteiger partial charge in [-0.3, -0.25) is 4.79 Å². The first-order valence-electron chi connectivity index (χ1n) is 6.57. The van der Waals surface area contributed by atoms with Crippen LogP contribution in [0.2, 0.25) is 0 Å². The van der Waals surface area contributed by atoms with Crippen molar-refractivity contribution in [1.82, 2.24) is 10.2 Å². The normalized spacial score (nSPS) is 31.4. The number of ether oxygens (including phenoxy) is 1. The predicted octanol–water partition coefficient (Wildman–Crippen LogP) is -0.360. The first kappa shape index (κ1) is 14.6. The van der Waals surface area contributed by atoms with Crippen LogP contribution in [-0.2, 0) is 14.3 Å². The number of amides is 1. The van der Waals surface area contributed by atoms with E-state index in [1.807, 2.05) is 6.92 Å². The van der Waals surface area contributed by atoms with Crippen LogP contribution >= 0.6 is 11.8 Å². The number of carboxylic acids is 1. The lowest BCUT2D eigenvalue weighted by atomic mass is 10.0. The molecule has 3 unspecified atom stereocenters. The number of thioether (sulfide) groups is 1. The highest BCUT2D eigenvalue weighted by Crippen LogP contribution is 2.23. The van der Waals surface area contributed by atoms with Crippen molar-refractivity contribution in [3.8, 4) is 0 Å². The third kappa shape index (κ3) is 3.21. The number of carboxylic acid groups (broad SMARTS) is 1. The largest absolute Gasteiger partial charge is 0.480 e. The summed E-state index contributed by atoms with van der Waals surface area (Å²) in [5.41, 5.74) is 0. The summed E-state index contributed by atoms with van der Waals surface area (Å²) >= 11 is 1.58. The molecule has 2 aliphatic rings. The Kier molecular flexibility index (Phi) is 5.06. The minimum atomic E-state index is -0.917. The second-order valence-corrected chi connectivity index (χ2v) is 5.92. The molecule has 19 heavy (non-hydrogen) atoms. The van der Waals surface area contributed by atoms with Crippen molar-refractivity contribution in [3.05, 3.63) is 0 Å². The maximum atomic E-state index is 12.5. The van der Waals surface area contributed by atoms with Crippen LogP contribution in [0.3, 0.4) is 0 Å². The van der Waals surface area contributed by atoms with E-state index in [9.17, 15) is 14.7 Å². The molecule has 0 bridgehead atoms. The molecule has 108 valence electrons. The van der Waals surface area contributed by atoms with E-state index in [2.05, 4.69) is 5.32 Å². The molecule has 0 saturated carbocycles. The van der Waals surface area contributed by atoms with Gasteiger partial charge in [-0.2, -0.15) is 11.8 Å². The minimum Gasteiger partial charge on any atom is -0.480 e. The number of aliphatic carboxylic acids is 1. The van der Waals surface area contributed by atoms with Crippen LogP contribution in [0.15, 0.2) is 0 Å². The maximum Gasteiger partial charge on any atom is 0.327 e. The summed E-state index contributed by atoms with van der Waals surface area (Å²) in [5, 5.41) is 12.4. The van der Waals surface area contributed by atoms with Crippen LogP contribution in [0, 0.1) is 5.92 Å². The average Bonchev–Trinajstić information content (AvgIpc) is 2.86. The van der Waals surface area contributed by atoms with Gasteiger partial charge in [-0.25, -0.2) is 4.79 Å². The van der Waals surface area contributed by atoms with Crippen LogP contribution in [0.4, 0.5) is 0 Å². The van der Waals surface area contributed by atoms with Gasteiger partial charge >= 0.3 is 5.97 Å². The molecule has 3 atom stereocenters. The van der Waals surface area contributed by atoms with Gasteiger partial charge in [-0.15, -0.1) is 0 Å². The molecule has 2 rings (SSSR count). The SMILES string of the molecule is CCNC1COCC1C(=O)N1CCSCC1C(=O)O.